The number of Topliss-reactive ketones (excluding diaryl/α,β-unsaturated/α-hetero) is 1. The summed E-state index contributed by atoms with van der Waals surface area (Å²) in [6.45, 7) is 0.839. The second kappa shape index (κ2) is 8.23. The van der Waals surface area contributed by atoms with Gasteiger partial charge in [-0.25, -0.2) is 0 Å². The minimum Gasteiger partial charge on any atom is -0.294 e. The van der Waals surface area contributed by atoms with Crippen molar-refractivity contribution in [3.63, 3.8) is 0 Å². The summed E-state index contributed by atoms with van der Waals surface area (Å²) in [7, 11) is 0. The summed E-state index contributed by atoms with van der Waals surface area (Å²) in [6.07, 6.45) is -0.177. The molecule has 2 heterocycles. The van der Waals surface area contributed by atoms with Gasteiger partial charge in [0.15, 0.2) is 5.78 Å². The summed E-state index contributed by atoms with van der Waals surface area (Å²) >= 11 is 0. The highest BCUT2D eigenvalue weighted by molar-refractivity contribution is 5.98. The fraction of sp³-hybridized carbons (Fsp3) is 0.417. The van der Waals surface area contributed by atoms with Crippen LogP contribution in [0.2, 0.25) is 0 Å². The summed E-state index contributed by atoms with van der Waals surface area (Å²) in [5, 5.41) is 8.98. The number of ketones is 1. The lowest BCUT2D eigenvalue weighted by atomic mass is 9.75. The summed E-state index contributed by atoms with van der Waals surface area (Å²) in [5.74, 6) is -0.511. The SMILES string of the molecule is N#Cc1ccc(C(=O)C2CC3CCCC(C2)N3Cc2ccccc2)cc1C(F)(F)F. The van der Waals surface area contributed by atoms with Crippen LogP contribution >= 0.6 is 0 Å². The van der Waals surface area contributed by atoms with E-state index in [2.05, 4.69) is 17.0 Å². The Hall–Kier alpha value is -2.65. The number of alkyl halides is 3. The number of nitriles is 1. The number of hydrogen-bond acceptors (Lipinski definition) is 3. The first kappa shape index (κ1) is 20.6. The van der Waals surface area contributed by atoms with Crippen LogP contribution in [0.3, 0.4) is 0 Å². The first-order valence-corrected chi connectivity index (χ1v) is 10.3. The van der Waals surface area contributed by atoms with Gasteiger partial charge in [0, 0.05) is 30.1 Å². The molecule has 0 spiro atoms. The molecule has 30 heavy (non-hydrogen) atoms. The average molecular weight is 412 g/mol. The Bertz CT molecular complexity index is 951. The zero-order valence-electron chi connectivity index (χ0n) is 16.5. The summed E-state index contributed by atoms with van der Waals surface area (Å²) in [6, 6.07) is 15.7. The van der Waals surface area contributed by atoms with Gasteiger partial charge >= 0.3 is 6.18 Å². The van der Waals surface area contributed by atoms with Crippen LogP contribution in [-0.4, -0.2) is 22.8 Å². The van der Waals surface area contributed by atoms with Crippen molar-refractivity contribution in [3.05, 3.63) is 70.8 Å². The number of carbonyl (C=O) groups is 1. The predicted octanol–water partition coefficient (Wildman–Crippen LogP) is 5.59. The maximum atomic E-state index is 13.3. The van der Waals surface area contributed by atoms with Crippen LogP contribution in [0.4, 0.5) is 13.2 Å². The number of halogens is 3. The van der Waals surface area contributed by atoms with Crippen molar-refractivity contribution in [1.29, 1.82) is 5.26 Å². The van der Waals surface area contributed by atoms with Gasteiger partial charge < -0.3 is 0 Å². The van der Waals surface area contributed by atoms with Gasteiger partial charge in [-0.05, 0) is 43.4 Å². The number of piperidine rings is 2. The van der Waals surface area contributed by atoms with Gasteiger partial charge in [0.2, 0.25) is 0 Å². The van der Waals surface area contributed by atoms with Crippen molar-refractivity contribution in [3.8, 4) is 6.07 Å². The molecule has 3 nitrogen and oxygen atoms in total. The molecule has 4 rings (SSSR count). The molecule has 156 valence electrons. The van der Waals surface area contributed by atoms with E-state index in [1.54, 1.807) is 6.07 Å². The van der Waals surface area contributed by atoms with Crippen molar-refractivity contribution in [2.24, 2.45) is 5.92 Å². The van der Waals surface area contributed by atoms with Gasteiger partial charge in [0.1, 0.15) is 0 Å². The van der Waals surface area contributed by atoms with Gasteiger partial charge in [-0.2, -0.15) is 18.4 Å². The third kappa shape index (κ3) is 4.13. The molecule has 2 atom stereocenters. The number of hydrogen-bond donors (Lipinski definition) is 0. The third-order valence-electron chi connectivity index (χ3n) is 6.43. The molecule has 6 heteroatoms. The molecule has 0 saturated carbocycles. The van der Waals surface area contributed by atoms with E-state index in [4.69, 9.17) is 5.26 Å². The van der Waals surface area contributed by atoms with Crippen molar-refractivity contribution in [2.45, 2.75) is 56.9 Å². The molecule has 0 aliphatic carbocycles. The molecule has 0 aromatic heterocycles. The standard InChI is InChI=1S/C24H23F3N2O/c25-24(26,27)22-13-17(9-10-18(22)14-28)23(30)19-11-20-7-4-8-21(12-19)29(20)15-16-5-2-1-3-6-16/h1-3,5-6,9-10,13,19-21H,4,7-8,11-12,15H2. The Morgan fingerprint density at radius 2 is 1.73 bits per heavy atom. The quantitative estimate of drug-likeness (QED) is 0.615. The number of carbonyl (C=O) groups excluding carboxylic acids is 1. The van der Waals surface area contributed by atoms with Crippen LogP contribution in [0.1, 0.15) is 59.2 Å². The largest absolute Gasteiger partial charge is 0.417 e. The van der Waals surface area contributed by atoms with E-state index in [1.807, 2.05) is 18.2 Å². The van der Waals surface area contributed by atoms with Crippen LogP contribution in [-0.2, 0) is 12.7 Å². The molecular weight excluding hydrogens is 389 g/mol. The highest BCUT2D eigenvalue weighted by atomic mass is 19.4. The zero-order valence-corrected chi connectivity index (χ0v) is 16.5. The lowest BCUT2D eigenvalue weighted by Crippen LogP contribution is -2.52. The molecule has 2 aromatic carbocycles. The summed E-state index contributed by atoms with van der Waals surface area (Å²) in [5.41, 5.74) is -0.187. The molecule has 2 bridgehead atoms. The highest BCUT2D eigenvalue weighted by Crippen LogP contribution is 2.40. The zero-order chi connectivity index (χ0) is 21.3. The molecule has 2 aliphatic rings. The van der Waals surface area contributed by atoms with Crippen LogP contribution in [0.25, 0.3) is 0 Å². The summed E-state index contributed by atoms with van der Waals surface area (Å²) in [4.78, 5) is 15.6. The van der Waals surface area contributed by atoms with Crippen LogP contribution in [0.5, 0.6) is 0 Å². The Morgan fingerprint density at radius 1 is 1.07 bits per heavy atom. The van der Waals surface area contributed by atoms with E-state index in [0.717, 1.165) is 37.9 Å². The first-order chi connectivity index (χ1) is 14.4. The Labute approximate surface area is 174 Å². The van der Waals surface area contributed by atoms with Gasteiger partial charge in [-0.3, -0.25) is 9.69 Å². The van der Waals surface area contributed by atoms with E-state index in [9.17, 15) is 18.0 Å². The maximum absolute atomic E-state index is 13.3. The average Bonchev–Trinajstić information content (AvgIpc) is 2.72. The normalized spacial score (nSPS) is 24.3. The molecule has 0 amide bonds. The minimum atomic E-state index is -4.66. The molecule has 2 saturated heterocycles. The summed E-state index contributed by atoms with van der Waals surface area (Å²) < 4.78 is 39.9. The van der Waals surface area contributed by atoms with Gasteiger partial charge in [0.05, 0.1) is 17.2 Å². The number of fused-ring (bicyclic) bond motifs is 2. The lowest BCUT2D eigenvalue weighted by molar-refractivity contribution is -0.137. The smallest absolute Gasteiger partial charge is 0.294 e. The van der Waals surface area contributed by atoms with Crippen LogP contribution in [0.15, 0.2) is 48.5 Å². The minimum absolute atomic E-state index is 0.0564. The van der Waals surface area contributed by atoms with Crippen LogP contribution in [0, 0.1) is 17.2 Å². The first-order valence-electron chi connectivity index (χ1n) is 10.3. The Kier molecular flexibility index (Phi) is 5.66. The van der Waals surface area contributed by atoms with Gasteiger partial charge in [0.25, 0.3) is 0 Å². The van der Waals surface area contributed by atoms with Crippen molar-refractivity contribution >= 4 is 5.78 Å². The fourth-order valence-corrected chi connectivity index (χ4v) is 5.01. The van der Waals surface area contributed by atoms with Crippen LogP contribution < -0.4 is 0 Å². The number of benzene rings is 2. The van der Waals surface area contributed by atoms with E-state index in [-0.39, 0.29) is 29.3 Å². The van der Waals surface area contributed by atoms with Gasteiger partial charge in [-0.15, -0.1) is 0 Å². The second-order valence-corrected chi connectivity index (χ2v) is 8.30. The van der Waals surface area contributed by atoms with E-state index in [1.165, 1.54) is 11.6 Å². The Morgan fingerprint density at radius 3 is 2.33 bits per heavy atom. The predicted molar refractivity (Wildman–Crippen MR) is 107 cm³/mol. The molecule has 2 aromatic rings. The number of nitrogens with zero attached hydrogens (tertiary/aromatic N) is 2. The van der Waals surface area contributed by atoms with Gasteiger partial charge in [-0.1, -0.05) is 42.8 Å². The molecule has 0 N–H and O–H groups in total. The van der Waals surface area contributed by atoms with Crippen molar-refractivity contribution in [2.75, 3.05) is 0 Å². The number of rotatable bonds is 4. The molecule has 2 aliphatic heterocycles. The molecule has 2 unspecified atom stereocenters. The van der Waals surface area contributed by atoms with E-state index in [0.29, 0.717) is 12.8 Å². The third-order valence-corrected chi connectivity index (χ3v) is 6.43. The molecule has 0 radical (unpaired) electrons. The lowest BCUT2D eigenvalue weighted by Gasteiger charge is -2.48. The highest BCUT2D eigenvalue weighted by Gasteiger charge is 2.41. The fourth-order valence-electron chi connectivity index (χ4n) is 5.01. The van der Waals surface area contributed by atoms with Crippen molar-refractivity contribution < 1.29 is 18.0 Å². The van der Waals surface area contributed by atoms with E-state index < -0.39 is 17.3 Å². The topological polar surface area (TPSA) is 44.1 Å². The monoisotopic (exact) mass is 412 g/mol. The van der Waals surface area contributed by atoms with E-state index >= 15 is 0 Å². The maximum Gasteiger partial charge on any atom is 0.417 e. The van der Waals surface area contributed by atoms with Crippen molar-refractivity contribution in [1.82, 2.24) is 4.90 Å². The molecular formula is C24H23F3N2O. The second-order valence-electron chi connectivity index (χ2n) is 8.30. The Balaban J connectivity index is 1.54. The molecule has 2 fully saturated rings.